The van der Waals surface area contributed by atoms with Gasteiger partial charge in [0.1, 0.15) is 5.82 Å². The summed E-state index contributed by atoms with van der Waals surface area (Å²) < 4.78 is 0. The lowest BCUT2D eigenvalue weighted by Gasteiger charge is -1.96. The monoisotopic (exact) mass is 184 g/mol. The van der Waals surface area contributed by atoms with Gasteiger partial charge in [0.25, 0.3) is 0 Å². The minimum Gasteiger partial charge on any atom is -0.370 e. The van der Waals surface area contributed by atoms with Gasteiger partial charge in [0.05, 0.1) is 0 Å². The Balaban J connectivity index is 0.000000720. The molecule has 2 heterocycles. The molecule has 1 aliphatic rings. The van der Waals surface area contributed by atoms with Gasteiger partial charge in [-0.2, -0.15) is 0 Å². The minimum atomic E-state index is 0. The first-order valence-corrected chi connectivity index (χ1v) is 3.58. The highest BCUT2D eigenvalue weighted by molar-refractivity contribution is 5.85. The molecule has 0 atom stereocenters. The number of nitrogens with zero attached hydrogens (tertiary/aromatic N) is 1. The molecule has 12 heavy (non-hydrogen) atoms. The van der Waals surface area contributed by atoms with Crippen molar-refractivity contribution in [3.05, 3.63) is 23.4 Å². The molecule has 0 spiro atoms. The second-order valence-electron chi connectivity index (χ2n) is 2.57. The van der Waals surface area contributed by atoms with Crippen molar-refractivity contribution < 1.29 is 4.79 Å². The van der Waals surface area contributed by atoms with Crippen molar-refractivity contribution in [1.29, 1.82) is 0 Å². The number of pyridine rings is 1. The molecule has 1 N–H and O–H groups in total. The highest BCUT2D eigenvalue weighted by Crippen LogP contribution is 2.18. The number of hydrogen-bond acceptors (Lipinski definition) is 3. The van der Waals surface area contributed by atoms with Gasteiger partial charge in [0.15, 0.2) is 6.29 Å². The molecule has 2 rings (SSSR count). The molecule has 1 aliphatic heterocycles. The number of anilines is 1. The SMILES string of the molecule is Cl.O=Cc1cnc2c(c1)CCN2. The predicted molar refractivity (Wildman–Crippen MR) is 49.1 cm³/mol. The lowest BCUT2D eigenvalue weighted by molar-refractivity contribution is 0.112. The van der Waals surface area contributed by atoms with Gasteiger partial charge in [-0.3, -0.25) is 4.79 Å². The third-order valence-electron chi connectivity index (χ3n) is 1.81. The summed E-state index contributed by atoms with van der Waals surface area (Å²) in [6, 6.07) is 1.88. The average Bonchev–Trinajstić information content (AvgIpc) is 2.50. The van der Waals surface area contributed by atoms with E-state index in [0.717, 1.165) is 30.6 Å². The van der Waals surface area contributed by atoms with E-state index in [1.165, 1.54) is 0 Å². The van der Waals surface area contributed by atoms with Crippen molar-refractivity contribution in [2.45, 2.75) is 6.42 Å². The number of nitrogens with one attached hydrogen (secondary N) is 1. The summed E-state index contributed by atoms with van der Waals surface area (Å²) in [4.78, 5) is 14.4. The Morgan fingerprint density at radius 2 is 2.42 bits per heavy atom. The van der Waals surface area contributed by atoms with Crippen molar-refractivity contribution in [1.82, 2.24) is 4.98 Å². The average molecular weight is 185 g/mol. The van der Waals surface area contributed by atoms with E-state index in [-0.39, 0.29) is 12.4 Å². The van der Waals surface area contributed by atoms with Crippen LogP contribution < -0.4 is 5.32 Å². The maximum atomic E-state index is 10.3. The maximum Gasteiger partial charge on any atom is 0.151 e. The number of aromatic nitrogens is 1. The summed E-state index contributed by atoms with van der Waals surface area (Å²) in [5, 5.41) is 3.12. The van der Waals surface area contributed by atoms with E-state index in [4.69, 9.17) is 0 Å². The largest absolute Gasteiger partial charge is 0.370 e. The fourth-order valence-electron chi connectivity index (χ4n) is 1.26. The second kappa shape index (κ2) is 3.54. The molecular formula is C8H9ClN2O. The summed E-state index contributed by atoms with van der Waals surface area (Å²) >= 11 is 0. The molecular weight excluding hydrogens is 176 g/mol. The summed E-state index contributed by atoms with van der Waals surface area (Å²) in [5.41, 5.74) is 1.81. The number of fused-ring (bicyclic) bond motifs is 1. The molecule has 0 saturated carbocycles. The zero-order valence-electron chi connectivity index (χ0n) is 6.41. The lowest BCUT2D eigenvalue weighted by Crippen LogP contribution is -1.93. The highest BCUT2D eigenvalue weighted by atomic mass is 35.5. The number of hydrogen-bond donors (Lipinski definition) is 1. The van der Waals surface area contributed by atoms with Crippen LogP contribution in [0, 0.1) is 0 Å². The van der Waals surface area contributed by atoms with Crippen molar-refractivity contribution in [2.24, 2.45) is 0 Å². The first-order valence-electron chi connectivity index (χ1n) is 3.58. The molecule has 64 valence electrons. The Labute approximate surface area is 76.6 Å². The fourth-order valence-corrected chi connectivity index (χ4v) is 1.26. The van der Waals surface area contributed by atoms with E-state index in [1.54, 1.807) is 6.20 Å². The number of carbonyl (C=O) groups excluding carboxylic acids is 1. The van der Waals surface area contributed by atoms with Crippen molar-refractivity contribution in [3.63, 3.8) is 0 Å². The molecule has 1 aromatic heterocycles. The van der Waals surface area contributed by atoms with Crippen LogP contribution in [-0.4, -0.2) is 17.8 Å². The molecule has 3 nitrogen and oxygen atoms in total. The quantitative estimate of drug-likeness (QED) is 0.669. The predicted octanol–water partition coefficient (Wildman–Crippen LogP) is 1.28. The third-order valence-corrected chi connectivity index (χ3v) is 1.81. The molecule has 1 aromatic rings. The van der Waals surface area contributed by atoms with E-state index >= 15 is 0 Å². The molecule has 0 bridgehead atoms. The van der Waals surface area contributed by atoms with Crippen LogP contribution in [0.1, 0.15) is 15.9 Å². The number of halogens is 1. The molecule has 0 unspecified atom stereocenters. The van der Waals surface area contributed by atoms with Gasteiger partial charge in [-0.05, 0) is 18.1 Å². The van der Waals surface area contributed by atoms with Crippen molar-refractivity contribution in [3.8, 4) is 0 Å². The summed E-state index contributed by atoms with van der Waals surface area (Å²) in [7, 11) is 0. The first kappa shape index (κ1) is 9.00. The van der Waals surface area contributed by atoms with Gasteiger partial charge >= 0.3 is 0 Å². The Kier molecular flexibility index (Phi) is 2.65. The molecule has 0 aromatic carbocycles. The van der Waals surface area contributed by atoms with E-state index in [9.17, 15) is 4.79 Å². The van der Waals surface area contributed by atoms with E-state index in [0.29, 0.717) is 5.56 Å². The zero-order valence-corrected chi connectivity index (χ0v) is 7.23. The van der Waals surface area contributed by atoms with Gasteiger partial charge in [0.2, 0.25) is 0 Å². The normalized spacial score (nSPS) is 12.7. The van der Waals surface area contributed by atoms with Crippen LogP contribution >= 0.6 is 12.4 Å². The number of aldehydes is 1. The van der Waals surface area contributed by atoms with Gasteiger partial charge in [-0.25, -0.2) is 4.98 Å². The van der Waals surface area contributed by atoms with Gasteiger partial charge in [-0.1, -0.05) is 0 Å². The smallest absolute Gasteiger partial charge is 0.151 e. The van der Waals surface area contributed by atoms with Crippen LogP contribution in [-0.2, 0) is 6.42 Å². The van der Waals surface area contributed by atoms with Crippen LogP contribution in [0.2, 0.25) is 0 Å². The summed E-state index contributed by atoms with van der Waals surface area (Å²) in [5.74, 6) is 0.926. The lowest BCUT2D eigenvalue weighted by atomic mass is 10.2. The molecule has 0 saturated heterocycles. The third kappa shape index (κ3) is 1.41. The fraction of sp³-hybridized carbons (Fsp3) is 0.250. The van der Waals surface area contributed by atoms with Crippen molar-refractivity contribution >= 4 is 24.5 Å². The number of rotatable bonds is 1. The Hall–Kier alpha value is -1.09. The molecule has 0 radical (unpaired) electrons. The van der Waals surface area contributed by atoms with Gasteiger partial charge in [0, 0.05) is 18.3 Å². The first-order chi connectivity index (χ1) is 5.40. The Bertz CT molecular complexity index is 301. The topological polar surface area (TPSA) is 42.0 Å². The van der Waals surface area contributed by atoms with E-state index < -0.39 is 0 Å². The minimum absolute atomic E-state index is 0. The van der Waals surface area contributed by atoms with Crippen LogP contribution in [0.15, 0.2) is 12.3 Å². The Morgan fingerprint density at radius 3 is 3.17 bits per heavy atom. The molecule has 0 fully saturated rings. The Morgan fingerprint density at radius 1 is 1.58 bits per heavy atom. The standard InChI is InChI=1S/C8H8N2O.ClH/c11-5-6-3-7-1-2-9-8(7)10-4-6;/h3-5H,1-2H2,(H,9,10);1H. The molecule has 0 amide bonds. The summed E-state index contributed by atoms with van der Waals surface area (Å²) in [6.45, 7) is 0.935. The maximum absolute atomic E-state index is 10.3. The van der Waals surface area contributed by atoms with Crippen LogP contribution in [0.3, 0.4) is 0 Å². The van der Waals surface area contributed by atoms with Crippen LogP contribution in [0.4, 0.5) is 5.82 Å². The van der Waals surface area contributed by atoms with Crippen LogP contribution in [0.25, 0.3) is 0 Å². The van der Waals surface area contributed by atoms with Gasteiger partial charge < -0.3 is 5.32 Å². The number of carbonyl (C=O) groups is 1. The summed E-state index contributed by atoms with van der Waals surface area (Å²) in [6.07, 6.45) is 3.39. The second-order valence-corrected chi connectivity index (χ2v) is 2.57. The van der Waals surface area contributed by atoms with E-state index in [2.05, 4.69) is 10.3 Å². The molecule has 4 heteroatoms. The van der Waals surface area contributed by atoms with Crippen LogP contribution in [0.5, 0.6) is 0 Å². The molecule has 0 aliphatic carbocycles. The van der Waals surface area contributed by atoms with Gasteiger partial charge in [-0.15, -0.1) is 12.4 Å². The van der Waals surface area contributed by atoms with Crippen molar-refractivity contribution in [2.75, 3.05) is 11.9 Å². The zero-order chi connectivity index (χ0) is 7.68. The highest BCUT2D eigenvalue weighted by Gasteiger charge is 2.10. The van der Waals surface area contributed by atoms with E-state index in [1.807, 2.05) is 6.07 Å².